The molecule has 3 rings (SSSR count). The Balaban J connectivity index is 1.71. The third-order valence-corrected chi connectivity index (χ3v) is 5.94. The summed E-state index contributed by atoms with van der Waals surface area (Å²) in [5.74, 6) is 1.88. The van der Waals surface area contributed by atoms with E-state index in [-0.39, 0.29) is 17.5 Å². The summed E-state index contributed by atoms with van der Waals surface area (Å²) < 4.78 is 20.2. The van der Waals surface area contributed by atoms with E-state index in [4.69, 9.17) is 16.3 Å². The number of Topliss-reactive ketones (excluding diaryl/α,β-unsaturated/α-hetero) is 1. The molecule has 2 fully saturated rings. The number of carbonyl (C=O) groups excluding carboxylic acids is 1. The van der Waals surface area contributed by atoms with Gasteiger partial charge in [-0.1, -0.05) is 25.4 Å². The second-order valence-corrected chi connectivity index (χ2v) is 7.88. The van der Waals surface area contributed by atoms with Crippen molar-refractivity contribution in [1.29, 1.82) is 0 Å². The molecule has 2 nitrogen and oxygen atoms in total. The summed E-state index contributed by atoms with van der Waals surface area (Å²) >= 11 is 6.20. The maximum atomic E-state index is 14.0. The van der Waals surface area contributed by atoms with Crippen LogP contribution < -0.4 is 0 Å². The molecule has 0 bridgehead atoms. The molecule has 23 heavy (non-hydrogen) atoms. The fourth-order valence-electron chi connectivity index (χ4n) is 4.59. The molecule has 0 saturated heterocycles. The third-order valence-electron chi connectivity index (χ3n) is 5.59. The first-order valence-electron chi connectivity index (χ1n) is 8.47. The molecule has 0 aromatic heterocycles. The highest BCUT2D eigenvalue weighted by Crippen LogP contribution is 2.50. The Morgan fingerprint density at radius 2 is 2.04 bits per heavy atom. The van der Waals surface area contributed by atoms with Crippen molar-refractivity contribution in [2.75, 3.05) is 0 Å². The van der Waals surface area contributed by atoms with E-state index in [1.807, 2.05) is 0 Å². The molecule has 2 aliphatic carbocycles. The average Bonchev–Trinajstić information content (AvgIpc) is 2.94. The van der Waals surface area contributed by atoms with E-state index in [0.29, 0.717) is 29.0 Å². The predicted octanol–water partition coefficient (Wildman–Crippen LogP) is 5.27. The van der Waals surface area contributed by atoms with Gasteiger partial charge in [0.2, 0.25) is 0 Å². The Kier molecular flexibility index (Phi) is 4.80. The Hall–Kier alpha value is -0.930. The maximum absolute atomic E-state index is 14.0. The van der Waals surface area contributed by atoms with E-state index >= 15 is 0 Å². The number of hydrogen-bond donors (Lipinski definition) is 0. The number of halogens is 2. The van der Waals surface area contributed by atoms with Gasteiger partial charge in [0, 0.05) is 5.02 Å². The third kappa shape index (κ3) is 3.32. The number of benzene rings is 1. The van der Waals surface area contributed by atoms with Crippen LogP contribution in [0.3, 0.4) is 0 Å². The number of carbonyl (C=O) groups is 1. The first kappa shape index (κ1) is 16.9. The number of ketones is 1. The van der Waals surface area contributed by atoms with Crippen LogP contribution in [-0.2, 0) is 11.3 Å². The summed E-state index contributed by atoms with van der Waals surface area (Å²) in [6.07, 6.45) is 3.99. The maximum Gasteiger partial charge on any atom is 0.162 e. The second kappa shape index (κ2) is 6.52. The van der Waals surface area contributed by atoms with Gasteiger partial charge in [-0.25, -0.2) is 4.39 Å². The lowest BCUT2D eigenvalue weighted by Gasteiger charge is -2.23. The van der Waals surface area contributed by atoms with Gasteiger partial charge in [-0.15, -0.1) is 0 Å². The second-order valence-electron chi connectivity index (χ2n) is 7.47. The fourth-order valence-corrected chi connectivity index (χ4v) is 4.81. The SMILES string of the molecule is CC(=O)c1cc(Cl)c(COC2C(C)CC3CC(C)CC32)cc1F. The van der Waals surface area contributed by atoms with Crippen molar-refractivity contribution in [3.8, 4) is 0 Å². The molecule has 2 saturated carbocycles. The van der Waals surface area contributed by atoms with Crippen molar-refractivity contribution in [2.45, 2.75) is 52.7 Å². The van der Waals surface area contributed by atoms with Crippen molar-refractivity contribution in [3.05, 3.63) is 34.1 Å². The van der Waals surface area contributed by atoms with Crippen LogP contribution in [0.15, 0.2) is 12.1 Å². The summed E-state index contributed by atoms with van der Waals surface area (Å²) in [6.45, 7) is 6.20. The first-order valence-corrected chi connectivity index (χ1v) is 8.85. The summed E-state index contributed by atoms with van der Waals surface area (Å²) in [7, 11) is 0. The Labute approximate surface area is 142 Å². The molecule has 5 atom stereocenters. The van der Waals surface area contributed by atoms with Gasteiger partial charge < -0.3 is 4.74 Å². The van der Waals surface area contributed by atoms with E-state index in [2.05, 4.69) is 13.8 Å². The highest BCUT2D eigenvalue weighted by Gasteiger charge is 2.46. The van der Waals surface area contributed by atoms with Gasteiger partial charge >= 0.3 is 0 Å². The monoisotopic (exact) mass is 338 g/mol. The molecule has 0 radical (unpaired) electrons. The molecular weight excluding hydrogens is 315 g/mol. The molecule has 4 heteroatoms. The molecule has 0 amide bonds. The smallest absolute Gasteiger partial charge is 0.162 e. The van der Waals surface area contributed by atoms with Gasteiger partial charge in [-0.05, 0) is 67.6 Å². The summed E-state index contributed by atoms with van der Waals surface area (Å²) in [6, 6.07) is 2.75. The number of fused-ring (bicyclic) bond motifs is 1. The van der Waals surface area contributed by atoms with Crippen LogP contribution in [0.1, 0.15) is 56.0 Å². The predicted molar refractivity (Wildman–Crippen MR) is 89.2 cm³/mol. The van der Waals surface area contributed by atoms with Crippen LogP contribution in [0, 0.1) is 29.5 Å². The van der Waals surface area contributed by atoms with Gasteiger partial charge in [0.05, 0.1) is 18.3 Å². The van der Waals surface area contributed by atoms with Crippen molar-refractivity contribution < 1.29 is 13.9 Å². The van der Waals surface area contributed by atoms with Crippen LogP contribution in [0.5, 0.6) is 0 Å². The Morgan fingerprint density at radius 1 is 1.30 bits per heavy atom. The highest BCUT2D eigenvalue weighted by molar-refractivity contribution is 6.31. The molecular formula is C19H24ClFO2. The topological polar surface area (TPSA) is 26.3 Å². The lowest BCUT2D eigenvalue weighted by molar-refractivity contribution is -0.0104. The van der Waals surface area contributed by atoms with Crippen molar-refractivity contribution in [3.63, 3.8) is 0 Å². The van der Waals surface area contributed by atoms with Crippen LogP contribution >= 0.6 is 11.6 Å². The molecule has 5 unspecified atom stereocenters. The summed E-state index contributed by atoms with van der Waals surface area (Å²) in [5, 5.41) is 0.401. The Bertz CT molecular complexity index is 616. The minimum atomic E-state index is -0.521. The van der Waals surface area contributed by atoms with Crippen LogP contribution in [0.2, 0.25) is 5.02 Å². The fraction of sp³-hybridized carbons (Fsp3) is 0.632. The molecule has 0 aliphatic heterocycles. The molecule has 1 aromatic carbocycles. The van der Waals surface area contributed by atoms with Crippen molar-refractivity contribution in [1.82, 2.24) is 0 Å². The van der Waals surface area contributed by atoms with Crippen LogP contribution in [-0.4, -0.2) is 11.9 Å². The zero-order valence-electron chi connectivity index (χ0n) is 13.9. The van der Waals surface area contributed by atoms with Crippen molar-refractivity contribution in [2.24, 2.45) is 23.7 Å². The zero-order chi connectivity index (χ0) is 16.7. The quantitative estimate of drug-likeness (QED) is 0.699. The summed E-state index contributed by atoms with van der Waals surface area (Å²) in [4.78, 5) is 11.4. The lowest BCUT2D eigenvalue weighted by Crippen LogP contribution is -2.24. The lowest BCUT2D eigenvalue weighted by atomic mass is 9.97. The van der Waals surface area contributed by atoms with E-state index in [1.165, 1.54) is 38.3 Å². The minimum absolute atomic E-state index is 0.0395. The number of rotatable bonds is 4. The molecule has 126 valence electrons. The van der Waals surface area contributed by atoms with Crippen molar-refractivity contribution >= 4 is 17.4 Å². The van der Waals surface area contributed by atoms with Gasteiger partial charge in [0.1, 0.15) is 5.82 Å². The largest absolute Gasteiger partial charge is 0.373 e. The van der Waals surface area contributed by atoms with E-state index < -0.39 is 5.82 Å². The summed E-state index contributed by atoms with van der Waals surface area (Å²) in [5.41, 5.74) is 0.661. The average molecular weight is 339 g/mol. The standard InChI is InChI=1S/C19H24ClFO2/c1-10-4-13-6-11(2)19(16(13)5-10)23-9-14-7-18(21)15(12(3)22)8-17(14)20/h7-8,10-11,13,16,19H,4-6,9H2,1-3H3. The first-order chi connectivity index (χ1) is 10.9. The normalized spacial score (nSPS) is 33.0. The van der Waals surface area contributed by atoms with E-state index in [1.54, 1.807) is 0 Å². The van der Waals surface area contributed by atoms with Gasteiger partial charge in [-0.3, -0.25) is 4.79 Å². The van der Waals surface area contributed by atoms with Gasteiger partial charge in [0.15, 0.2) is 5.78 Å². The minimum Gasteiger partial charge on any atom is -0.373 e. The molecule has 2 aliphatic rings. The number of hydrogen-bond acceptors (Lipinski definition) is 2. The zero-order valence-corrected chi connectivity index (χ0v) is 14.7. The van der Waals surface area contributed by atoms with E-state index in [9.17, 15) is 9.18 Å². The Morgan fingerprint density at radius 3 is 2.74 bits per heavy atom. The molecule has 0 N–H and O–H groups in total. The van der Waals surface area contributed by atoms with Crippen LogP contribution in [0.4, 0.5) is 4.39 Å². The molecule has 0 spiro atoms. The van der Waals surface area contributed by atoms with Gasteiger partial charge in [-0.2, -0.15) is 0 Å². The molecule has 0 heterocycles. The number of ether oxygens (including phenoxy) is 1. The van der Waals surface area contributed by atoms with Crippen LogP contribution in [0.25, 0.3) is 0 Å². The van der Waals surface area contributed by atoms with E-state index in [0.717, 1.165) is 11.8 Å². The van der Waals surface area contributed by atoms with Gasteiger partial charge in [0.25, 0.3) is 0 Å². The molecule has 1 aromatic rings. The highest BCUT2D eigenvalue weighted by atomic mass is 35.5.